The van der Waals surface area contributed by atoms with Gasteiger partial charge in [0.05, 0.1) is 19.5 Å². The molecule has 188 valence electrons. The fourth-order valence-electron chi connectivity index (χ4n) is 5.26. The average molecular weight is 508 g/mol. The first kappa shape index (κ1) is 29.2. The summed E-state index contributed by atoms with van der Waals surface area (Å²) in [6.45, 7) is 6.43. The Labute approximate surface area is 206 Å². The number of carbonyl (C=O) groups is 3. The molecule has 0 radical (unpaired) electrons. The van der Waals surface area contributed by atoms with Crippen LogP contribution in [0, 0.1) is 17.8 Å². The molecule has 11 heteroatoms. The van der Waals surface area contributed by atoms with Crippen LogP contribution >= 0.6 is 24.8 Å². The number of nitrogens with one attached hydrogen (secondary N) is 1. The Morgan fingerprint density at radius 2 is 1.76 bits per heavy atom. The zero-order valence-corrected chi connectivity index (χ0v) is 21.0. The lowest BCUT2D eigenvalue weighted by Crippen LogP contribution is -2.55. The van der Waals surface area contributed by atoms with Crippen molar-refractivity contribution in [2.24, 2.45) is 17.8 Å². The van der Waals surface area contributed by atoms with Crippen LogP contribution in [0.5, 0.6) is 0 Å². The molecule has 9 nitrogen and oxygen atoms in total. The normalized spacial score (nSPS) is 26.2. The van der Waals surface area contributed by atoms with Gasteiger partial charge < -0.3 is 24.5 Å². The van der Waals surface area contributed by atoms with E-state index in [4.69, 9.17) is 9.47 Å². The Kier molecular flexibility index (Phi) is 11.6. The standard InChI is InChI=1S/C22H33N3O6.2ClH/c1-4-16-15-8-7-13(9-14(15)10-17(24-16)20(26)27)11-25-12-23-18(21(28)30-5-2)19(25)22(29)31-6-3;;/h12-17,24H,4-11H2,1-3H3,(H,26,27);2*1H/t13-,14+,15+,16?,17-;;/m0../s1. The number of carboxylic acids is 1. The van der Waals surface area contributed by atoms with Crippen LogP contribution in [0.4, 0.5) is 0 Å². The molecular formula is C22H35Cl2N3O6. The number of fused-ring (bicyclic) bond motifs is 1. The number of carboxylic acid groups (broad SMARTS) is 1. The third kappa shape index (κ3) is 6.61. The Balaban J connectivity index is 0.00000272. The van der Waals surface area contributed by atoms with Crippen molar-refractivity contribution >= 4 is 42.7 Å². The van der Waals surface area contributed by atoms with Crippen LogP contribution in [0.2, 0.25) is 0 Å². The maximum Gasteiger partial charge on any atom is 0.359 e. The predicted molar refractivity (Wildman–Crippen MR) is 126 cm³/mol. The molecule has 0 amide bonds. The van der Waals surface area contributed by atoms with Gasteiger partial charge in [-0.05, 0) is 63.7 Å². The number of imidazole rings is 1. The lowest BCUT2D eigenvalue weighted by Gasteiger charge is -2.46. The summed E-state index contributed by atoms with van der Waals surface area (Å²) in [5.74, 6) is -0.956. The molecule has 2 N–H and O–H groups in total. The predicted octanol–water partition coefficient (Wildman–Crippen LogP) is 3.34. The van der Waals surface area contributed by atoms with E-state index in [9.17, 15) is 19.5 Å². The van der Waals surface area contributed by atoms with Gasteiger partial charge in [0, 0.05) is 12.6 Å². The molecule has 1 aliphatic heterocycles. The van der Waals surface area contributed by atoms with Crippen molar-refractivity contribution in [3.05, 3.63) is 17.7 Å². The third-order valence-electron chi connectivity index (χ3n) is 6.59. The summed E-state index contributed by atoms with van der Waals surface area (Å²) < 4.78 is 11.9. The van der Waals surface area contributed by atoms with E-state index in [1.807, 2.05) is 0 Å². The number of piperidine rings is 1. The number of carbonyl (C=O) groups excluding carboxylic acids is 2. The fourth-order valence-corrected chi connectivity index (χ4v) is 5.26. The molecule has 1 saturated heterocycles. The molecular weight excluding hydrogens is 473 g/mol. The molecule has 1 saturated carbocycles. The molecule has 1 aromatic heterocycles. The van der Waals surface area contributed by atoms with Crippen LogP contribution in [0.3, 0.4) is 0 Å². The third-order valence-corrected chi connectivity index (χ3v) is 6.59. The van der Waals surface area contributed by atoms with Crippen LogP contribution in [-0.4, -0.2) is 57.9 Å². The largest absolute Gasteiger partial charge is 0.480 e. The van der Waals surface area contributed by atoms with Gasteiger partial charge in [-0.1, -0.05) is 6.92 Å². The molecule has 1 aromatic rings. The molecule has 1 unspecified atom stereocenters. The van der Waals surface area contributed by atoms with Gasteiger partial charge in [0.15, 0.2) is 11.4 Å². The van der Waals surface area contributed by atoms with E-state index >= 15 is 0 Å². The van der Waals surface area contributed by atoms with Gasteiger partial charge in [-0.25, -0.2) is 14.6 Å². The van der Waals surface area contributed by atoms with Gasteiger partial charge in [0.1, 0.15) is 6.04 Å². The minimum absolute atomic E-state index is 0. The Bertz CT molecular complexity index is 818. The van der Waals surface area contributed by atoms with E-state index < -0.39 is 23.9 Å². The lowest BCUT2D eigenvalue weighted by atomic mass is 9.66. The first-order valence-electron chi connectivity index (χ1n) is 11.3. The fraction of sp³-hybridized carbons (Fsp3) is 0.727. The molecule has 2 heterocycles. The minimum atomic E-state index is -0.794. The number of hydrogen-bond donors (Lipinski definition) is 2. The highest BCUT2D eigenvalue weighted by Gasteiger charge is 2.42. The number of rotatable bonds is 8. The SMILES string of the molecule is CCOC(=O)c1ncn(C[C@H]2CC[C@H]3C(CC)N[C@H](C(=O)O)C[C@H]3C2)c1C(=O)OCC.Cl.Cl. The van der Waals surface area contributed by atoms with E-state index in [0.717, 1.165) is 25.7 Å². The topological polar surface area (TPSA) is 120 Å². The summed E-state index contributed by atoms with van der Waals surface area (Å²) in [6.07, 6.45) is 5.92. The number of esters is 2. The number of halogens is 2. The molecule has 1 aliphatic carbocycles. The molecule has 0 aromatic carbocycles. The number of nitrogens with zero attached hydrogens (tertiary/aromatic N) is 2. The van der Waals surface area contributed by atoms with Gasteiger partial charge in [-0.15, -0.1) is 24.8 Å². The van der Waals surface area contributed by atoms with E-state index in [1.54, 1.807) is 18.4 Å². The van der Waals surface area contributed by atoms with Gasteiger partial charge in [-0.3, -0.25) is 4.79 Å². The average Bonchev–Trinajstić information content (AvgIpc) is 3.16. The summed E-state index contributed by atoms with van der Waals surface area (Å²) in [5, 5.41) is 12.8. The van der Waals surface area contributed by atoms with E-state index in [-0.39, 0.29) is 61.4 Å². The maximum atomic E-state index is 12.6. The summed E-state index contributed by atoms with van der Waals surface area (Å²) in [4.78, 5) is 40.6. The highest BCUT2D eigenvalue weighted by atomic mass is 35.5. The van der Waals surface area contributed by atoms with Gasteiger partial charge >= 0.3 is 17.9 Å². The number of aliphatic carboxylic acids is 1. The summed E-state index contributed by atoms with van der Waals surface area (Å²) in [5.41, 5.74) is 0.107. The zero-order chi connectivity index (χ0) is 22.5. The van der Waals surface area contributed by atoms with Crippen molar-refractivity contribution in [1.82, 2.24) is 14.9 Å². The summed E-state index contributed by atoms with van der Waals surface area (Å²) in [7, 11) is 0. The first-order valence-corrected chi connectivity index (χ1v) is 11.3. The van der Waals surface area contributed by atoms with Crippen LogP contribution in [0.25, 0.3) is 0 Å². The lowest BCUT2D eigenvalue weighted by molar-refractivity contribution is -0.142. The quantitative estimate of drug-likeness (QED) is 0.514. The molecule has 5 atom stereocenters. The summed E-state index contributed by atoms with van der Waals surface area (Å²) >= 11 is 0. The number of ether oxygens (including phenoxy) is 2. The van der Waals surface area contributed by atoms with Crippen LogP contribution in [0.15, 0.2) is 6.33 Å². The van der Waals surface area contributed by atoms with Gasteiger partial charge in [0.25, 0.3) is 0 Å². The minimum Gasteiger partial charge on any atom is -0.480 e. The molecule has 0 spiro atoms. The Morgan fingerprint density at radius 1 is 1.09 bits per heavy atom. The highest BCUT2D eigenvalue weighted by molar-refractivity contribution is 6.00. The number of hydrogen-bond acceptors (Lipinski definition) is 7. The van der Waals surface area contributed by atoms with Crippen molar-refractivity contribution in [1.29, 1.82) is 0 Å². The van der Waals surface area contributed by atoms with Crippen LogP contribution in [-0.2, 0) is 20.8 Å². The first-order chi connectivity index (χ1) is 14.9. The van der Waals surface area contributed by atoms with E-state index in [1.165, 1.54) is 6.33 Å². The second-order valence-electron chi connectivity index (χ2n) is 8.45. The summed E-state index contributed by atoms with van der Waals surface area (Å²) in [6, 6.07) is -0.289. The molecule has 3 rings (SSSR count). The Hall–Kier alpha value is -1.84. The van der Waals surface area contributed by atoms with E-state index in [0.29, 0.717) is 24.8 Å². The molecule has 0 bridgehead atoms. The van der Waals surface area contributed by atoms with Crippen LogP contribution < -0.4 is 5.32 Å². The number of aromatic nitrogens is 2. The molecule has 2 fully saturated rings. The van der Waals surface area contributed by atoms with Crippen molar-refractivity contribution in [2.45, 2.75) is 71.5 Å². The highest BCUT2D eigenvalue weighted by Crippen LogP contribution is 2.42. The van der Waals surface area contributed by atoms with Crippen molar-refractivity contribution in [2.75, 3.05) is 13.2 Å². The second kappa shape index (κ2) is 13.2. The smallest absolute Gasteiger partial charge is 0.359 e. The Morgan fingerprint density at radius 3 is 2.36 bits per heavy atom. The van der Waals surface area contributed by atoms with Gasteiger partial charge in [0.2, 0.25) is 0 Å². The van der Waals surface area contributed by atoms with Crippen molar-refractivity contribution in [3.8, 4) is 0 Å². The van der Waals surface area contributed by atoms with Crippen molar-refractivity contribution < 1.29 is 29.0 Å². The van der Waals surface area contributed by atoms with E-state index in [2.05, 4.69) is 17.2 Å². The second-order valence-corrected chi connectivity index (χ2v) is 8.45. The molecule has 33 heavy (non-hydrogen) atoms. The molecule has 2 aliphatic rings. The zero-order valence-electron chi connectivity index (χ0n) is 19.3. The monoisotopic (exact) mass is 507 g/mol. The van der Waals surface area contributed by atoms with Gasteiger partial charge in [-0.2, -0.15) is 0 Å². The van der Waals surface area contributed by atoms with Crippen LogP contribution in [0.1, 0.15) is 73.9 Å². The van der Waals surface area contributed by atoms with Crippen molar-refractivity contribution in [3.63, 3.8) is 0 Å². The maximum absolute atomic E-state index is 12.6.